The van der Waals surface area contributed by atoms with Crippen LogP contribution >= 0.6 is 27.5 Å². The van der Waals surface area contributed by atoms with Crippen molar-refractivity contribution in [3.05, 3.63) is 50.7 Å². The maximum absolute atomic E-state index is 6.41. The average Bonchev–Trinajstić information content (AvgIpc) is 2.81. The fourth-order valence-electron chi connectivity index (χ4n) is 2.49. The number of aromatic nitrogens is 2. The highest BCUT2D eigenvalue weighted by Gasteiger charge is 2.23. The molecule has 1 aromatic carbocycles. The lowest BCUT2D eigenvalue weighted by Crippen LogP contribution is -2.25. The van der Waals surface area contributed by atoms with Crippen LogP contribution in [0.2, 0.25) is 5.02 Å². The highest BCUT2D eigenvalue weighted by Crippen LogP contribution is 2.33. The largest absolute Gasteiger partial charge is 0.305 e. The third-order valence-electron chi connectivity index (χ3n) is 3.41. The molecule has 3 nitrogen and oxygen atoms in total. The molecule has 5 heteroatoms. The van der Waals surface area contributed by atoms with Crippen molar-refractivity contribution in [3.63, 3.8) is 0 Å². The summed E-state index contributed by atoms with van der Waals surface area (Å²) in [5.74, 6) is 0. The minimum atomic E-state index is 0.0332. The summed E-state index contributed by atoms with van der Waals surface area (Å²) >= 11 is 10.1. The Morgan fingerprint density at radius 1 is 1.38 bits per heavy atom. The molecule has 1 heterocycles. The molecule has 21 heavy (non-hydrogen) atoms. The summed E-state index contributed by atoms with van der Waals surface area (Å²) in [5, 5.41) is 8.66. The molecule has 1 N–H and O–H groups in total. The van der Waals surface area contributed by atoms with Gasteiger partial charge in [0.05, 0.1) is 23.0 Å². The second kappa shape index (κ2) is 7.43. The van der Waals surface area contributed by atoms with Crippen LogP contribution in [0.15, 0.2) is 28.9 Å². The van der Waals surface area contributed by atoms with E-state index in [1.54, 1.807) is 6.20 Å². The zero-order valence-electron chi connectivity index (χ0n) is 12.7. The van der Waals surface area contributed by atoms with Gasteiger partial charge < -0.3 is 5.32 Å². The number of hydrogen-bond acceptors (Lipinski definition) is 2. The molecule has 0 aliphatic carbocycles. The Balaban J connectivity index is 2.53. The minimum absolute atomic E-state index is 0.0332. The zero-order valence-corrected chi connectivity index (χ0v) is 15.0. The Morgan fingerprint density at radius 3 is 2.81 bits per heavy atom. The van der Waals surface area contributed by atoms with Gasteiger partial charge in [-0.25, -0.2) is 0 Å². The monoisotopic (exact) mass is 369 g/mol. The van der Waals surface area contributed by atoms with Crippen molar-refractivity contribution in [2.75, 3.05) is 6.54 Å². The predicted molar refractivity (Wildman–Crippen MR) is 91.9 cm³/mol. The third-order valence-corrected chi connectivity index (χ3v) is 4.43. The second-order valence-electron chi connectivity index (χ2n) is 5.12. The third kappa shape index (κ3) is 3.68. The van der Waals surface area contributed by atoms with E-state index in [0.717, 1.165) is 29.7 Å². The van der Waals surface area contributed by atoms with Gasteiger partial charge in [0, 0.05) is 11.0 Å². The molecule has 0 amide bonds. The maximum atomic E-state index is 6.41. The van der Waals surface area contributed by atoms with E-state index in [9.17, 15) is 0 Å². The molecule has 1 atom stereocenters. The van der Waals surface area contributed by atoms with Crippen molar-refractivity contribution < 1.29 is 0 Å². The van der Waals surface area contributed by atoms with Crippen LogP contribution in [-0.2, 0) is 6.54 Å². The number of nitrogens with zero attached hydrogens (tertiary/aromatic N) is 2. The van der Waals surface area contributed by atoms with E-state index in [0.29, 0.717) is 5.02 Å². The van der Waals surface area contributed by atoms with Crippen LogP contribution in [0.5, 0.6) is 0 Å². The number of hydrogen-bond donors (Lipinski definition) is 1. The van der Waals surface area contributed by atoms with E-state index in [4.69, 9.17) is 11.6 Å². The lowest BCUT2D eigenvalue weighted by molar-refractivity contribution is 0.519. The molecular formula is C16H21BrClN3. The molecule has 0 fully saturated rings. The van der Waals surface area contributed by atoms with E-state index in [2.05, 4.69) is 65.3 Å². The molecule has 1 aromatic heterocycles. The Bertz CT molecular complexity index is 610. The average molecular weight is 371 g/mol. The first-order valence-corrected chi connectivity index (χ1v) is 8.46. The van der Waals surface area contributed by atoms with Crippen LogP contribution in [-0.4, -0.2) is 16.3 Å². The summed E-state index contributed by atoms with van der Waals surface area (Å²) in [6, 6.07) is 6.41. The first-order chi connectivity index (χ1) is 10.1. The van der Waals surface area contributed by atoms with E-state index < -0.39 is 0 Å². The summed E-state index contributed by atoms with van der Waals surface area (Å²) in [4.78, 5) is 0. The highest BCUT2D eigenvalue weighted by atomic mass is 79.9. The molecule has 0 bridgehead atoms. The summed E-state index contributed by atoms with van der Waals surface area (Å²) in [6.45, 7) is 8.07. The van der Waals surface area contributed by atoms with Gasteiger partial charge >= 0.3 is 0 Å². The normalized spacial score (nSPS) is 12.6. The minimum Gasteiger partial charge on any atom is -0.305 e. The van der Waals surface area contributed by atoms with Crippen LogP contribution in [0.3, 0.4) is 0 Å². The quantitative estimate of drug-likeness (QED) is 0.797. The van der Waals surface area contributed by atoms with Gasteiger partial charge in [0.1, 0.15) is 0 Å². The van der Waals surface area contributed by atoms with Crippen molar-refractivity contribution in [2.45, 2.75) is 39.8 Å². The number of halogens is 2. The number of benzene rings is 1. The number of rotatable bonds is 6. The second-order valence-corrected chi connectivity index (χ2v) is 6.38. The Kier molecular flexibility index (Phi) is 5.85. The van der Waals surface area contributed by atoms with Gasteiger partial charge in [-0.1, -0.05) is 59.1 Å². The maximum Gasteiger partial charge on any atom is 0.0837 e. The van der Waals surface area contributed by atoms with E-state index in [1.807, 2.05) is 4.68 Å². The molecule has 0 radical (unpaired) electrons. The summed E-state index contributed by atoms with van der Waals surface area (Å²) in [5.41, 5.74) is 3.46. The summed E-state index contributed by atoms with van der Waals surface area (Å²) < 4.78 is 3.09. The molecule has 0 aliphatic rings. The molecule has 0 spiro atoms. The first-order valence-electron chi connectivity index (χ1n) is 7.29. The Labute approximate surface area is 139 Å². The number of nitrogens with one attached hydrogen (secondary N) is 1. The lowest BCUT2D eigenvalue weighted by atomic mass is 10.0. The summed E-state index contributed by atoms with van der Waals surface area (Å²) in [7, 11) is 0. The smallest absolute Gasteiger partial charge is 0.0837 e. The van der Waals surface area contributed by atoms with E-state index in [-0.39, 0.29) is 6.04 Å². The van der Waals surface area contributed by atoms with Crippen LogP contribution in [0.25, 0.3) is 0 Å². The van der Waals surface area contributed by atoms with Crippen molar-refractivity contribution >= 4 is 27.5 Å². The van der Waals surface area contributed by atoms with Gasteiger partial charge in [-0.15, -0.1) is 0 Å². The van der Waals surface area contributed by atoms with Gasteiger partial charge in [0.25, 0.3) is 0 Å². The molecule has 2 rings (SSSR count). The van der Waals surface area contributed by atoms with Gasteiger partial charge in [-0.05, 0) is 31.5 Å². The van der Waals surface area contributed by atoms with Crippen molar-refractivity contribution in [2.24, 2.45) is 0 Å². The van der Waals surface area contributed by atoms with Gasteiger partial charge in [-0.2, -0.15) is 5.10 Å². The number of aryl methyl sites for hydroxylation is 2. The molecule has 0 saturated heterocycles. The fourth-order valence-corrected chi connectivity index (χ4v) is 3.22. The van der Waals surface area contributed by atoms with Crippen molar-refractivity contribution in [1.29, 1.82) is 0 Å². The van der Waals surface area contributed by atoms with Crippen molar-refractivity contribution in [3.8, 4) is 0 Å². The van der Waals surface area contributed by atoms with Crippen LogP contribution in [0.1, 0.15) is 43.1 Å². The molecule has 2 aromatic rings. The lowest BCUT2D eigenvalue weighted by Gasteiger charge is -2.22. The SMILES string of the molecule is CCCn1ncc(Cl)c1C(NCC)c1cc(C)ccc1Br. The summed E-state index contributed by atoms with van der Waals surface area (Å²) in [6.07, 6.45) is 2.76. The van der Waals surface area contributed by atoms with Crippen LogP contribution in [0, 0.1) is 6.92 Å². The predicted octanol–water partition coefficient (Wildman–Crippen LogP) is 4.72. The fraction of sp³-hybridized carbons (Fsp3) is 0.438. The zero-order chi connectivity index (χ0) is 15.4. The Morgan fingerprint density at radius 2 is 2.14 bits per heavy atom. The van der Waals surface area contributed by atoms with Gasteiger partial charge in [0.2, 0.25) is 0 Å². The molecule has 0 saturated carbocycles. The van der Waals surface area contributed by atoms with E-state index >= 15 is 0 Å². The molecular weight excluding hydrogens is 350 g/mol. The van der Waals surface area contributed by atoms with Crippen molar-refractivity contribution in [1.82, 2.24) is 15.1 Å². The highest BCUT2D eigenvalue weighted by molar-refractivity contribution is 9.10. The topological polar surface area (TPSA) is 29.9 Å². The van der Waals surface area contributed by atoms with Crippen LogP contribution < -0.4 is 5.32 Å². The molecule has 1 unspecified atom stereocenters. The van der Waals surface area contributed by atoms with Gasteiger partial charge in [-0.3, -0.25) is 4.68 Å². The standard InChI is InChI=1S/C16H21BrClN3/c1-4-8-21-16(14(18)10-20-21)15(19-5-2)12-9-11(3)6-7-13(12)17/h6-7,9-10,15,19H,4-5,8H2,1-3H3. The van der Waals surface area contributed by atoms with Gasteiger partial charge in [0.15, 0.2) is 0 Å². The molecule has 114 valence electrons. The first kappa shape index (κ1) is 16.5. The Hall–Kier alpha value is -0.840. The van der Waals surface area contributed by atoms with E-state index in [1.165, 1.54) is 11.1 Å². The van der Waals surface area contributed by atoms with Crippen LogP contribution in [0.4, 0.5) is 0 Å². The molecule has 0 aliphatic heterocycles.